The van der Waals surface area contributed by atoms with Gasteiger partial charge in [0.15, 0.2) is 11.4 Å². The number of nitrogens with zero attached hydrogens (tertiary/aromatic N) is 5. The number of aromatic nitrogens is 5. The first-order valence-electron chi connectivity index (χ1n) is 11.5. The molecule has 4 aromatic rings. The van der Waals surface area contributed by atoms with Crippen LogP contribution in [0.25, 0.3) is 11.2 Å². The van der Waals surface area contributed by atoms with Crippen LogP contribution in [0.4, 0.5) is 5.82 Å². The lowest BCUT2D eigenvalue weighted by Crippen LogP contribution is -2.23. The molecule has 4 heterocycles. The monoisotopic (exact) mass is 474 g/mol. The predicted molar refractivity (Wildman–Crippen MR) is 130 cm³/mol. The largest absolute Gasteiger partial charge is 0.455 e. The van der Waals surface area contributed by atoms with Gasteiger partial charge in [0.1, 0.15) is 17.3 Å². The van der Waals surface area contributed by atoms with Gasteiger partial charge in [-0.2, -0.15) is 4.98 Å². The van der Waals surface area contributed by atoms with Crippen LogP contribution in [0.3, 0.4) is 0 Å². The third kappa shape index (κ3) is 4.72. The van der Waals surface area contributed by atoms with Crippen LogP contribution in [0.1, 0.15) is 51.1 Å². The first-order valence-corrected chi connectivity index (χ1v) is 11.5. The Morgan fingerprint density at radius 3 is 2.66 bits per heavy atom. The van der Waals surface area contributed by atoms with E-state index in [1.165, 1.54) is 6.92 Å². The molecule has 0 atom stereocenters. The summed E-state index contributed by atoms with van der Waals surface area (Å²) in [6.07, 6.45) is 7.28. The molecule has 35 heavy (non-hydrogen) atoms. The number of fused-ring (bicyclic) bond motifs is 1. The first kappa shape index (κ1) is 22.6. The second-order valence-electron chi connectivity index (χ2n) is 8.95. The van der Waals surface area contributed by atoms with E-state index in [0.717, 1.165) is 18.4 Å². The highest BCUT2D eigenvalue weighted by Crippen LogP contribution is 2.41. The Bertz CT molecular complexity index is 1490. The molecule has 1 fully saturated rings. The van der Waals surface area contributed by atoms with Crippen LogP contribution >= 0.6 is 0 Å². The Morgan fingerprint density at radius 1 is 1.14 bits per heavy atom. The number of amides is 1. The molecule has 0 spiro atoms. The van der Waals surface area contributed by atoms with E-state index < -0.39 is 0 Å². The molecule has 0 unspecified atom stereocenters. The van der Waals surface area contributed by atoms with Gasteiger partial charge < -0.3 is 19.4 Å². The Labute approximate surface area is 201 Å². The maximum atomic E-state index is 13.0. The number of hydrogen-bond donors (Lipinski definition) is 1. The molecule has 0 aliphatic heterocycles. The highest BCUT2D eigenvalue weighted by molar-refractivity contribution is 5.87. The summed E-state index contributed by atoms with van der Waals surface area (Å²) in [5, 5.41) is 2.62. The van der Waals surface area contributed by atoms with E-state index in [1.807, 2.05) is 26.1 Å². The zero-order valence-corrected chi connectivity index (χ0v) is 20.0. The topological polar surface area (TPSA) is 113 Å². The summed E-state index contributed by atoms with van der Waals surface area (Å²) < 4.78 is 15.4. The van der Waals surface area contributed by atoms with Crippen LogP contribution in [0, 0.1) is 0 Å². The molecule has 1 amide bonds. The van der Waals surface area contributed by atoms with Gasteiger partial charge in [0.25, 0.3) is 5.56 Å². The fraction of sp³-hybridized carbons (Fsp3) is 0.320. The number of rotatable bonds is 7. The Hall–Kier alpha value is -4.21. The summed E-state index contributed by atoms with van der Waals surface area (Å²) in [5.74, 6) is 1.87. The fourth-order valence-corrected chi connectivity index (χ4v) is 3.83. The van der Waals surface area contributed by atoms with Crippen molar-refractivity contribution in [3.05, 3.63) is 58.8 Å². The normalized spacial score (nSPS) is 13.3. The van der Waals surface area contributed by atoms with Crippen molar-refractivity contribution in [1.82, 2.24) is 24.1 Å². The van der Waals surface area contributed by atoms with Crippen LogP contribution in [0.5, 0.6) is 23.3 Å². The van der Waals surface area contributed by atoms with Gasteiger partial charge in [0.05, 0.1) is 11.7 Å². The molecule has 1 N–H and O–H groups in total. The molecule has 1 saturated carbocycles. The quantitative estimate of drug-likeness (QED) is 0.419. The summed E-state index contributed by atoms with van der Waals surface area (Å²) in [4.78, 5) is 37.3. The van der Waals surface area contributed by atoms with E-state index in [4.69, 9.17) is 9.47 Å². The van der Waals surface area contributed by atoms with Crippen molar-refractivity contribution >= 4 is 22.9 Å². The number of carbonyl (C=O) groups is 1. The van der Waals surface area contributed by atoms with E-state index in [0.29, 0.717) is 34.4 Å². The molecule has 180 valence electrons. The number of nitrogens with one attached hydrogen (secondary N) is 1. The van der Waals surface area contributed by atoms with Crippen molar-refractivity contribution in [2.24, 2.45) is 7.05 Å². The fourth-order valence-electron chi connectivity index (χ4n) is 3.83. The van der Waals surface area contributed by atoms with Gasteiger partial charge in [0.2, 0.25) is 5.91 Å². The summed E-state index contributed by atoms with van der Waals surface area (Å²) in [6, 6.07) is 7.20. The molecular formula is C25H26N6O4. The number of carbonyl (C=O) groups excluding carboxylic acids is 1. The third-order valence-corrected chi connectivity index (χ3v) is 5.78. The van der Waals surface area contributed by atoms with E-state index in [2.05, 4.69) is 20.3 Å². The Balaban J connectivity index is 1.44. The lowest BCUT2D eigenvalue weighted by Gasteiger charge is -2.14. The molecule has 0 bridgehead atoms. The average Bonchev–Trinajstić information content (AvgIpc) is 3.61. The van der Waals surface area contributed by atoms with Crippen LogP contribution < -0.4 is 20.3 Å². The first-order chi connectivity index (χ1) is 16.8. The molecule has 0 radical (unpaired) electrons. The molecule has 4 aromatic heterocycles. The number of aryl methyl sites for hydroxylation is 1. The maximum Gasteiger partial charge on any atom is 0.304 e. The highest BCUT2D eigenvalue weighted by Gasteiger charge is 2.26. The van der Waals surface area contributed by atoms with Crippen LogP contribution in [-0.2, 0) is 11.8 Å². The van der Waals surface area contributed by atoms with Gasteiger partial charge in [-0.25, -0.2) is 9.97 Å². The average molecular weight is 475 g/mol. The molecule has 1 aliphatic carbocycles. The second kappa shape index (κ2) is 8.86. The zero-order chi connectivity index (χ0) is 24.7. The SMILES string of the molecule is CC(=O)Nc1cc(Oc2cnc3nc(Oc4cc(C5CC5)cn(C(C)C)c4=O)n(C)c3c2)ccn1. The van der Waals surface area contributed by atoms with E-state index in [-0.39, 0.29) is 29.3 Å². The van der Waals surface area contributed by atoms with Gasteiger partial charge in [-0.05, 0) is 50.3 Å². The van der Waals surface area contributed by atoms with Crippen molar-refractivity contribution < 1.29 is 14.3 Å². The van der Waals surface area contributed by atoms with Crippen molar-refractivity contribution in [1.29, 1.82) is 0 Å². The van der Waals surface area contributed by atoms with Crippen molar-refractivity contribution in [2.45, 2.75) is 45.6 Å². The van der Waals surface area contributed by atoms with Crippen LogP contribution in [-0.4, -0.2) is 30.0 Å². The lowest BCUT2D eigenvalue weighted by molar-refractivity contribution is -0.114. The van der Waals surface area contributed by atoms with Crippen molar-refractivity contribution in [3.63, 3.8) is 0 Å². The van der Waals surface area contributed by atoms with Gasteiger partial charge in [-0.1, -0.05) is 0 Å². The molecule has 10 nitrogen and oxygen atoms in total. The van der Waals surface area contributed by atoms with E-state index in [1.54, 1.807) is 46.8 Å². The van der Waals surface area contributed by atoms with Crippen LogP contribution in [0.15, 0.2) is 47.7 Å². The standard InChI is InChI=1S/C25H26N6O4/c1-14(2)31-13-17(16-5-6-16)9-21(24(31)33)35-25-29-23-20(30(25)4)10-19(12-27-23)34-18-7-8-26-22(11-18)28-15(3)32/h7-14,16H,5-6H2,1-4H3,(H,26,28,32). The number of anilines is 1. The number of ether oxygens (including phenoxy) is 2. The lowest BCUT2D eigenvalue weighted by atomic mass is 10.2. The molecule has 5 rings (SSSR count). The Kier molecular flexibility index (Phi) is 5.72. The predicted octanol–water partition coefficient (Wildman–Crippen LogP) is 4.53. The smallest absolute Gasteiger partial charge is 0.304 e. The summed E-state index contributed by atoms with van der Waals surface area (Å²) in [6.45, 7) is 5.37. The number of hydrogen-bond acceptors (Lipinski definition) is 7. The third-order valence-electron chi connectivity index (χ3n) is 5.78. The zero-order valence-electron chi connectivity index (χ0n) is 20.0. The minimum Gasteiger partial charge on any atom is -0.455 e. The van der Waals surface area contributed by atoms with Gasteiger partial charge in [-0.3, -0.25) is 14.2 Å². The second-order valence-corrected chi connectivity index (χ2v) is 8.95. The Morgan fingerprint density at radius 2 is 1.94 bits per heavy atom. The van der Waals surface area contributed by atoms with Crippen LogP contribution in [0.2, 0.25) is 0 Å². The van der Waals surface area contributed by atoms with Gasteiger partial charge in [0, 0.05) is 44.5 Å². The van der Waals surface area contributed by atoms with Gasteiger partial charge >= 0.3 is 6.01 Å². The maximum absolute atomic E-state index is 13.0. The number of imidazole rings is 1. The molecule has 0 saturated heterocycles. The minimum absolute atomic E-state index is 0.0183. The molecule has 10 heteroatoms. The molecule has 1 aliphatic rings. The summed E-state index contributed by atoms with van der Waals surface area (Å²) in [7, 11) is 1.79. The number of pyridine rings is 3. The highest BCUT2D eigenvalue weighted by atomic mass is 16.5. The van der Waals surface area contributed by atoms with Gasteiger partial charge in [-0.15, -0.1) is 0 Å². The van der Waals surface area contributed by atoms with Crippen molar-refractivity contribution in [2.75, 3.05) is 5.32 Å². The van der Waals surface area contributed by atoms with E-state index >= 15 is 0 Å². The van der Waals surface area contributed by atoms with Crippen molar-refractivity contribution in [3.8, 4) is 23.3 Å². The molecular weight excluding hydrogens is 448 g/mol. The van der Waals surface area contributed by atoms with E-state index in [9.17, 15) is 9.59 Å². The summed E-state index contributed by atoms with van der Waals surface area (Å²) in [5.41, 5.74) is 2.06. The summed E-state index contributed by atoms with van der Waals surface area (Å²) >= 11 is 0. The molecule has 0 aromatic carbocycles. The minimum atomic E-state index is -0.219.